The van der Waals surface area contributed by atoms with E-state index in [0.717, 1.165) is 17.7 Å². The summed E-state index contributed by atoms with van der Waals surface area (Å²) in [5.74, 6) is 0.423. The van der Waals surface area contributed by atoms with Gasteiger partial charge < -0.3 is 0 Å². The minimum Gasteiger partial charge on any atom is -0.166 e. The SMILES string of the molecule is Cc1cc(C(F)(F)F)ccc1CCCl. The predicted molar refractivity (Wildman–Crippen MR) is 50.6 cm³/mol. The summed E-state index contributed by atoms with van der Waals surface area (Å²) in [6.07, 6.45) is -3.66. The van der Waals surface area contributed by atoms with E-state index in [9.17, 15) is 13.2 Å². The van der Waals surface area contributed by atoms with Crippen LogP contribution in [-0.4, -0.2) is 5.88 Å². The molecule has 0 aliphatic rings. The monoisotopic (exact) mass is 222 g/mol. The van der Waals surface area contributed by atoms with Crippen LogP contribution in [-0.2, 0) is 12.6 Å². The molecule has 0 fully saturated rings. The summed E-state index contributed by atoms with van der Waals surface area (Å²) < 4.78 is 36.8. The maximum Gasteiger partial charge on any atom is 0.416 e. The van der Waals surface area contributed by atoms with Gasteiger partial charge in [-0.3, -0.25) is 0 Å². The van der Waals surface area contributed by atoms with E-state index in [1.54, 1.807) is 6.92 Å². The van der Waals surface area contributed by atoms with Crippen molar-refractivity contribution in [1.29, 1.82) is 0 Å². The van der Waals surface area contributed by atoms with Crippen LogP contribution in [0.2, 0.25) is 0 Å². The van der Waals surface area contributed by atoms with Crippen molar-refractivity contribution < 1.29 is 13.2 Å². The number of aryl methyl sites for hydroxylation is 2. The van der Waals surface area contributed by atoms with E-state index in [0.29, 0.717) is 17.9 Å². The number of rotatable bonds is 2. The predicted octanol–water partition coefficient (Wildman–Crippen LogP) is 3.80. The van der Waals surface area contributed by atoms with Gasteiger partial charge in [-0.2, -0.15) is 13.2 Å². The Morgan fingerprint density at radius 2 is 1.93 bits per heavy atom. The van der Waals surface area contributed by atoms with Crippen LogP contribution in [0.25, 0.3) is 0 Å². The minimum absolute atomic E-state index is 0.423. The topological polar surface area (TPSA) is 0 Å². The molecule has 0 spiro atoms. The summed E-state index contributed by atoms with van der Waals surface area (Å²) in [5.41, 5.74) is 0.904. The Hall–Kier alpha value is -0.700. The van der Waals surface area contributed by atoms with Crippen molar-refractivity contribution in [3.63, 3.8) is 0 Å². The van der Waals surface area contributed by atoms with Gasteiger partial charge in [0, 0.05) is 5.88 Å². The standard InChI is InChI=1S/C10H10ClF3/c1-7-6-9(10(12,13)14)3-2-8(7)4-5-11/h2-3,6H,4-5H2,1H3. The number of benzene rings is 1. The summed E-state index contributed by atoms with van der Waals surface area (Å²) in [7, 11) is 0. The lowest BCUT2D eigenvalue weighted by Crippen LogP contribution is -2.06. The lowest BCUT2D eigenvalue weighted by Gasteiger charge is -2.09. The number of hydrogen-bond donors (Lipinski definition) is 0. The maximum absolute atomic E-state index is 12.3. The van der Waals surface area contributed by atoms with Gasteiger partial charge in [0.15, 0.2) is 0 Å². The van der Waals surface area contributed by atoms with Crippen molar-refractivity contribution in [2.75, 3.05) is 5.88 Å². The molecule has 78 valence electrons. The molecule has 0 aliphatic carbocycles. The summed E-state index contributed by atoms with van der Waals surface area (Å²) in [6, 6.07) is 3.73. The van der Waals surface area contributed by atoms with Crippen LogP contribution in [0.5, 0.6) is 0 Å². The van der Waals surface area contributed by atoms with E-state index in [-0.39, 0.29) is 0 Å². The average molecular weight is 223 g/mol. The molecule has 1 aromatic carbocycles. The Labute approximate surface area is 85.7 Å². The van der Waals surface area contributed by atoms with E-state index in [2.05, 4.69) is 0 Å². The molecule has 0 atom stereocenters. The first-order valence-electron chi connectivity index (χ1n) is 4.18. The Bertz CT molecular complexity index is 318. The van der Waals surface area contributed by atoms with E-state index in [1.807, 2.05) is 0 Å². The molecule has 0 N–H and O–H groups in total. The molecular formula is C10H10ClF3. The highest BCUT2D eigenvalue weighted by Crippen LogP contribution is 2.30. The van der Waals surface area contributed by atoms with Gasteiger partial charge in [0.1, 0.15) is 0 Å². The molecule has 0 unspecified atom stereocenters. The molecule has 0 nitrogen and oxygen atoms in total. The fraction of sp³-hybridized carbons (Fsp3) is 0.400. The van der Waals surface area contributed by atoms with Crippen LogP contribution in [0.15, 0.2) is 18.2 Å². The molecule has 0 amide bonds. The Morgan fingerprint density at radius 3 is 2.36 bits per heavy atom. The molecule has 0 aromatic heterocycles. The van der Waals surface area contributed by atoms with Crippen molar-refractivity contribution in [2.45, 2.75) is 19.5 Å². The third-order valence-corrected chi connectivity index (χ3v) is 2.22. The van der Waals surface area contributed by atoms with Crippen molar-refractivity contribution in [1.82, 2.24) is 0 Å². The number of alkyl halides is 4. The van der Waals surface area contributed by atoms with Gasteiger partial charge >= 0.3 is 6.18 Å². The van der Waals surface area contributed by atoms with Gasteiger partial charge in [0.2, 0.25) is 0 Å². The van der Waals surface area contributed by atoms with Crippen LogP contribution in [0.3, 0.4) is 0 Å². The Kier molecular flexibility index (Phi) is 3.43. The van der Waals surface area contributed by atoms with Gasteiger partial charge in [-0.25, -0.2) is 0 Å². The van der Waals surface area contributed by atoms with E-state index >= 15 is 0 Å². The fourth-order valence-electron chi connectivity index (χ4n) is 1.25. The summed E-state index contributed by atoms with van der Waals surface area (Å²) in [6.45, 7) is 1.66. The smallest absolute Gasteiger partial charge is 0.166 e. The number of hydrogen-bond acceptors (Lipinski definition) is 0. The highest BCUT2D eigenvalue weighted by molar-refractivity contribution is 6.18. The molecule has 0 saturated heterocycles. The first-order valence-corrected chi connectivity index (χ1v) is 4.71. The maximum atomic E-state index is 12.3. The van der Waals surface area contributed by atoms with E-state index < -0.39 is 11.7 Å². The molecule has 1 rings (SSSR count). The normalized spacial score (nSPS) is 11.8. The van der Waals surface area contributed by atoms with Crippen molar-refractivity contribution >= 4 is 11.6 Å². The Balaban J connectivity index is 3.01. The summed E-state index contributed by atoms with van der Waals surface area (Å²) >= 11 is 5.52. The molecule has 0 aliphatic heterocycles. The molecule has 0 radical (unpaired) electrons. The van der Waals surface area contributed by atoms with Crippen molar-refractivity contribution in [2.24, 2.45) is 0 Å². The third-order valence-electron chi connectivity index (χ3n) is 2.03. The Morgan fingerprint density at radius 1 is 1.29 bits per heavy atom. The lowest BCUT2D eigenvalue weighted by molar-refractivity contribution is -0.137. The zero-order valence-corrected chi connectivity index (χ0v) is 8.41. The van der Waals surface area contributed by atoms with E-state index in [4.69, 9.17) is 11.6 Å². The van der Waals surface area contributed by atoms with Gasteiger partial charge in [0.05, 0.1) is 5.56 Å². The zero-order chi connectivity index (χ0) is 10.8. The van der Waals surface area contributed by atoms with Crippen LogP contribution in [0, 0.1) is 6.92 Å². The molecular weight excluding hydrogens is 213 g/mol. The van der Waals surface area contributed by atoms with Crippen LogP contribution in [0.1, 0.15) is 16.7 Å². The second-order valence-electron chi connectivity index (χ2n) is 3.08. The molecule has 1 aromatic rings. The van der Waals surface area contributed by atoms with Crippen molar-refractivity contribution in [3.8, 4) is 0 Å². The highest BCUT2D eigenvalue weighted by Gasteiger charge is 2.30. The van der Waals surface area contributed by atoms with Gasteiger partial charge in [-0.05, 0) is 36.6 Å². The second kappa shape index (κ2) is 4.22. The first-order chi connectivity index (χ1) is 6.45. The summed E-state index contributed by atoms with van der Waals surface area (Å²) in [5, 5.41) is 0. The fourth-order valence-corrected chi connectivity index (χ4v) is 1.46. The average Bonchev–Trinajstić information content (AvgIpc) is 2.07. The van der Waals surface area contributed by atoms with Crippen LogP contribution >= 0.6 is 11.6 Å². The first kappa shape index (κ1) is 11.4. The zero-order valence-electron chi connectivity index (χ0n) is 7.66. The van der Waals surface area contributed by atoms with Crippen LogP contribution in [0.4, 0.5) is 13.2 Å². The quantitative estimate of drug-likeness (QED) is 0.668. The third kappa shape index (κ3) is 2.64. The molecule has 0 heterocycles. The van der Waals surface area contributed by atoms with Crippen molar-refractivity contribution in [3.05, 3.63) is 34.9 Å². The summed E-state index contributed by atoms with van der Waals surface area (Å²) in [4.78, 5) is 0. The lowest BCUT2D eigenvalue weighted by atomic mass is 10.0. The molecule has 14 heavy (non-hydrogen) atoms. The van der Waals surface area contributed by atoms with Gasteiger partial charge in [0.25, 0.3) is 0 Å². The minimum atomic E-state index is -4.26. The highest BCUT2D eigenvalue weighted by atomic mass is 35.5. The second-order valence-corrected chi connectivity index (χ2v) is 3.46. The molecule has 0 saturated carbocycles. The van der Waals surface area contributed by atoms with Crippen LogP contribution < -0.4 is 0 Å². The molecule has 0 bridgehead atoms. The molecule has 4 heteroatoms. The van der Waals surface area contributed by atoms with Gasteiger partial charge in [-0.1, -0.05) is 6.07 Å². The van der Waals surface area contributed by atoms with E-state index in [1.165, 1.54) is 6.07 Å². The number of halogens is 4. The van der Waals surface area contributed by atoms with Gasteiger partial charge in [-0.15, -0.1) is 11.6 Å². The largest absolute Gasteiger partial charge is 0.416 e.